The van der Waals surface area contributed by atoms with Gasteiger partial charge in [0.15, 0.2) is 0 Å². The van der Waals surface area contributed by atoms with Crippen molar-refractivity contribution in [2.45, 2.75) is 32.0 Å². The number of amides is 1. The Kier molecular flexibility index (Phi) is 5.80. The maximum Gasteiger partial charge on any atom is 0.223 e. The number of rotatable bonds is 5. The van der Waals surface area contributed by atoms with Crippen LogP contribution in [-0.4, -0.2) is 61.9 Å². The van der Waals surface area contributed by atoms with Gasteiger partial charge in [-0.3, -0.25) is 4.79 Å². The van der Waals surface area contributed by atoms with Crippen molar-refractivity contribution in [2.24, 2.45) is 0 Å². The summed E-state index contributed by atoms with van der Waals surface area (Å²) < 4.78 is 5.57. The number of carbonyl (C=O) groups is 1. The molecule has 5 nitrogen and oxygen atoms in total. The molecule has 1 saturated heterocycles. The highest BCUT2D eigenvalue weighted by Gasteiger charge is 2.27. The van der Waals surface area contributed by atoms with Crippen molar-refractivity contribution in [1.82, 2.24) is 4.90 Å². The second-order valence-electron chi connectivity index (χ2n) is 6.11. The summed E-state index contributed by atoms with van der Waals surface area (Å²) in [4.78, 5) is 16.2. The Labute approximate surface area is 132 Å². The largest absolute Gasteiger partial charge is 0.394 e. The van der Waals surface area contributed by atoms with Gasteiger partial charge in [-0.1, -0.05) is 12.1 Å². The highest BCUT2D eigenvalue weighted by molar-refractivity contribution is 5.76. The average molecular weight is 306 g/mol. The standard InChI is InChI=1S/C17H26N2O3/c1-13-10-19(11-16(12-20)22-13)17(21)8-7-14-5-4-6-15(9-14)18(2)3/h4-6,9,13,16,20H,7-8,10-12H2,1-3H3/t13-,16+/m1/s1. The Morgan fingerprint density at radius 1 is 1.41 bits per heavy atom. The van der Waals surface area contributed by atoms with Gasteiger partial charge in [-0.25, -0.2) is 0 Å². The second-order valence-corrected chi connectivity index (χ2v) is 6.11. The third-order valence-corrected chi connectivity index (χ3v) is 3.94. The van der Waals surface area contributed by atoms with E-state index in [0.29, 0.717) is 19.5 Å². The van der Waals surface area contributed by atoms with Crippen molar-refractivity contribution in [3.63, 3.8) is 0 Å². The fourth-order valence-corrected chi connectivity index (χ4v) is 2.75. The van der Waals surface area contributed by atoms with Gasteiger partial charge in [0, 0.05) is 39.3 Å². The number of carbonyl (C=O) groups excluding carboxylic acids is 1. The lowest BCUT2D eigenvalue weighted by atomic mass is 10.1. The van der Waals surface area contributed by atoms with Crippen LogP contribution in [0.5, 0.6) is 0 Å². The number of aliphatic hydroxyl groups is 1. The molecule has 1 aromatic rings. The Morgan fingerprint density at radius 2 is 2.18 bits per heavy atom. The molecule has 0 saturated carbocycles. The van der Waals surface area contributed by atoms with Gasteiger partial charge >= 0.3 is 0 Å². The number of anilines is 1. The maximum absolute atomic E-state index is 12.4. The van der Waals surface area contributed by atoms with Crippen molar-refractivity contribution in [3.8, 4) is 0 Å². The molecule has 1 aliphatic rings. The Bertz CT molecular complexity index is 504. The van der Waals surface area contributed by atoms with Crippen LogP contribution in [0.4, 0.5) is 5.69 Å². The molecule has 1 aromatic carbocycles. The molecule has 1 N–H and O–H groups in total. The summed E-state index contributed by atoms with van der Waals surface area (Å²) in [5.41, 5.74) is 2.31. The van der Waals surface area contributed by atoms with Gasteiger partial charge in [0.25, 0.3) is 0 Å². The lowest BCUT2D eigenvalue weighted by Crippen LogP contribution is -2.50. The molecule has 2 rings (SSSR count). The summed E-state index contributed by atoms with van der Waals surface area (Å²) in [6.45, 7) is 2.98. The molecule has 22 heavy (non-hydrogen) atoms. The van der Waals surface area contributed by atoms with Crippen molar-refractivity contribution in [1.29, 1.82) is 0 Å². The van der Waals surface area contributed by atoms with Crippen LogP contribution in [-0.2, 0) is 16.0 Å². The molecule has 122 valence electrons. The summed E-state index contributed by atoms with van der Waals surface area (Å²) >= 11 is 0. The number of morpholine rings is 1. The van der Waals surface area contributed by atoms with Crippen LogP contribution >= 0.6 is 0 Å². The van der Waals surface area contributed by atoms with E-state index in [2.05, 4.69) is 23.1 Å². The van der Waals surface area contributed by atoms with Crippen molar-refractivity contribution in [3.05, 3.63) is 29.8 Å². The lowest BCUT2D eigenvalue weighted by molar-refractivity contribution is -0.147. The molecule has 2 atom stereocenters. The zero-order valence-electron chi connectivity index (χ0n) is 13.7. The summed E-state index contributed by atoms with van der Waals surface area (Å²) in [5.74, 6) is 0.129. The number of nitrogens with zero attached hydrogens (tertiary/aromatic N) is 2. The van der Waals surface area contributed by atoms with Crippen molar-refractivity contribution >= 4 is 11.6 Å². The van der Waals surface area contributed by atoms with E-state index in [1.54, 1.807) is 0 Å². The molecule has 0 radical (unpaired) electrons. The normalized spacial score (nSPS) is 21.7. The smallest absolute Gasteiger partial charge is 0.223 e. The Balaban J connectivity index is 1.90. The monoisotopic (exact) mass is 306 g/mol. The molecule has 0 bridgehead atoms. The predicted octanol–water partition coefficient (Wildman–Crippen LogP) is 1.29. The van der Waals surface area contributed by atoms with E-state index in [9.17, 15) is 9.90 Å². The van der Waals surface area contributed by atoms with Gasteiger partial charge < -0.3 is 19.6 Å². The molecule has 0 aliphatic carbocycles. The first-order chi connectivity index (χ1) is 10.5. The number of hydrogen-bond acceptors (Lipinski definition) is 4. The topological polar surface area (TPSA) is 53.0 Å². The maximum atomic E-state index is 12.4. The predicted molar refractivity (Wildman–Crippen MR) is 87.1 cm³/mol. The minimum absolute atomic E-state index is 0.0214. The van der Waals surface area contributed by atoms with Gasteiger partial charge in [0.1, 0.15) is 0 Å². The average Bonchev–Trinajstić information content (AvgIpc) is 2.52. The molecular formula is C17H26N2O3. The highest BCUT2D eigenvalue weighted by atomic mass is 16.5. The van der Waals surface area contributed by atoms with Gasteiger partial charge in [-0.2, -0.15) is 0 Å². The molecule has 5 heteroatoms. The van der Waals surface area contributed by atoms with E-state index in [-0.39, 0.29) is 24.7 Å². The summed E-state index contributed by atoms with van der Waals surface area (Å²) in [7, 11) is 4.02. The summed E-state index contributed by atoms with van der Waals surface area (Å²) in [6.07, 6.45) is 0.939. The van der Waals surface area contributed by atoms with Gasteiger partial charge in [-0.15, -0.1) is 0 Å². The van der Waals surface area contributed by atoms with Crippen LogP contribution in [0.15, 0.2) is 24.3 Å². The number of hydrogen-bond donors (Lipinski definition) is 1. The highest BCUT2D eigenvalue weighted by Crippen LogP contribution is 2.16. The fraction of sp³-hybridized carbons (Fsp3) is 0.588. The first-order valence-corrected chi connectivity index (χ1v) is 7.80. The van der Waals surface area contributed by atoms with Crippen LogP contribution in [0.25, 0.3) is 0 Å². The van der Waals surface area contributed by atoms with Crippen LogP contribution in [0.3, 0.4) is 0 Å². The van der Waals surface area contributed by atoms with E-state index in [0.717, 1.165) is 12.1 Å². The minimum Gasteiger partial charge on any atom is -0.394 e. The van der Waals surface area contributed by atoms with E-state index < -0.39 is 0 Å². The third kappa shape index (κ3) is 4.45. The molecule has 1 amide bonds. The van der Waals surface area contributed by atoms with E-state index >= 15 is 0 Å². The SMILES string of the molecule is C[C@@H]1CN(C(=O)CCc2cccc(N(C)C)c2)C[C@@H](CO)O1. The number of benzene rings is 1. The van der Waals surface area contributed by atoms with Crippen LogP contribution < -0.4 is 4.90 Å². The molecule has 0 spiro atoms. The van der Waals surface area contributed by atoms with E-state index in [4.69, 9.17) is 4.74 Å². The third-order valence-electron chi connectivity index (χ3n) is 3.94. The van der Waals surface area contributed by atoms with Crippen molar-refractivity contribution in [2.75, 3.05) is 38.7 Å². The Hall–Kier alpha value is -1.59. The summed E-state index contributed by atoms with van der Waals surface area (Å²) in [5, 5.41) is 9.23. The molecule has 1 aliphatic heterocycles. The zero-order valence-corrected chi connectivity index (χ0v) is 13.7. The number of aryl methyl sites for hydroxylation is 1. The van der Waals surface area contributed by atoms with Gasteiger partial charge in [0.05, 0.1) is 18.8 Å². The van der Waals surface area contributed by atoms with Gasteiger partial charge in [-0.05, 0) is 31.0 Å². The minimum atomic E-state index is -0.259. The molecular weight excluding hydrogens is 280 g/mol. The lowest BCUT2D eigenvalue weighted by Gasteiger charge is -2.36. The number of aliphatic hydroxyl groups excluding tert-OH is 1. The Morgan fingerprint density at radius 3 is 2.86 bits per heavy atom. The fourth-order valence-electron chi connectivity index (χ4n) is 2.75. The zero-order chi connectivity index (χ0) is 16.1. The molecule has 0 aromatic heterocycles. The number of ether oxygens (including phenoxy) is 1. The molecule has 1 fully saturated rings. The van der Waals surface area contributed by atoms with Crippen LogP contribution in [0, 0.1) is 0 Å². The van der Waals surface area contributed by atoms with Crippen LogP contribution in [0.1, 0.15) is 18.9 Å². The van der Waals surface area contributed by atoms with E-state index in [1.807, 2.05) is 32.0 Å². The first-order valence-electron chi connectivity index (χ1n) is 7.80. The van der Waals surface area contributed by atoms with E-state index in [1.165, 1.54) is 5.56 Å². The molecule has 0 unspecified atom stereocenters. The summed E-state index contributed by atoms with van der Waals surface area (Å²) in [6, 6.07) is 8.25. The quantitative estimate of drug-likeness (QED) is 0.891. The van der Waals surface area contributed by atoms with Crippen LogP contribution in [0.2, 0.25) is 0 Å². The molecule has 1 heterocycles. The van der Waals surface area contributed by atoms with Gasteiger partial charge in [0.2, 0.25) is 5.91 Å². The van der Waals surface area contributed by atoms with Crippen molar-refractivity contribution < 1.29 is 14.6 Å². The first kappa shape index (κ1) is 16.8. The second kappa shape index (κ2) is 7.61.